The van der Waals surface area contributed by atoms with Crippen LogP contribution in [0.25, 0.3) is 10.9 Å². The third kappa shape index (κ3) is 2.53. The molecular formula is C15H17N3O. The molecule has 98 valence electrons. The number of aromatic amines is 1. The number of rotatable bonds is 4. The van der Waals surface area contributed by atoms with Gasteiger partial charge in [-0.1, -0.05) is 12.1 Å². The molecule has 0 aliphatic rings. The summed E-state index contributed by atoms with van der Waals surface area (Å²) in [5.74, 6) is 1.64. The molecule has 0 aliphatic heterocycles. The van der Waals surface area contributed by atoms with Crippen LogP contribution in [0.5, 0.6) is 0 Å². The van der Waals surface area contributed by atoms with Gasteiger partial charge < -0.3 is 14.7 Å². The molecule has 2 N–H and O–H groups in total. The summed E-state index contributed by atoms with van der Waals surface area (Å²) in [5, 5.41) is 4.58. The predicted molar refractivity (Wildman–Crippen MR) is 74.8 cm³/mol. The Balaban J connectivity index is 1.62. The van der Waals surface area contributed by atoms with Crippen LogP contribution in [0, 0.1) is 13.8 Å². The van der Waals surface area contributed by atoms with Crippen LogP contribution in [-0.2, 0) is 13.1 Å². The third-order valence-electron chi connectivity index (χ3n) is 3.30. The normalized spacial score (nSPS) is 11.3. The molecule has 1 aromatic carbocycles. The van der Waals surface area contributed by atoms with E-state index in [4.69, 9.17) is 4.42 Å². The minimum Gasteiger partial charge on any atom is -0.444 e. The van der Waals surface area contributed by atoms with Crippen molar-refractivity contribution < 1.29 is 4.42 Å². The summed E-state index contributed by atoms with van der Waals surface area (Å²) in [6, 6.07) is 8.50. The van der Waals surface area contributed by atoms with Crippen LogP contribution in [-0.4, -0.2) is 9.97 Å². The van der Waals surface area contributed by atoms with E-state index >= 15 is 0 Å². The number of nitrogens with one attached hydrogen (secondary N) is 2. The highest BCUT2D eigenvalue weighted by atomic mass is 16.4. The van der Waals surface area contributed by atoms with E-state index in [1.165, 1.54) is 16.5 Å². The first-order valence-electron chi connectivity index (χ1n) is 6.42. The molecule has 2 aromatic heterocycles. The highest BCUT2D eigenvalue weighted by Crippen LogP contribution is 2.14. The number of hydrogen-bond donors (Lipinski definition) is 2. The SMILES string of the molecule is Cc1nc(CNCc2ccc3cc[nH]c3c2)oc1C. The van der Waals surface area contributed by atoms with E-state index in [9.17, 15) is 0 Å². The summed E-state index contributed by atoms with van der Waals surface area (Å²) in [6.45, 7) is 5.35. The molecule has 3 aromatic rings. The second kappa shape index (κ2) is 4.90. The summed E-state index contributed by atoms with van der Waals surface area (Å²) >= 11 is 0. The molecule has 0 aliphatic carbocycles. The van der Waals surface area contributed by atoms with E-state index in [0.29, 0.717) is 6.54 Å². The lowest BCUT2D eigenvalue weighted by molar-refractivity contribution is 0.448. The van der Waals surface area contributed by atoms with Crippen LogP contribution in [0.4, 0.5) is 0 Å². The summed E-state index contributed by atoms with van der Waals surface area (Å²) in [5.41, 5.74) is 3.38. The van der Waals surface area contributed by atoms with Crippen molar-refractivity contribution in [2.75, 3.05) is 0 Å². The van der Waals surface area contributed by atoms with Gasteiger partial charge in [0.2, 0.25) is 5.89 Å². The Hall–Kier alpha value is -2.07. The van der Waals surface area contributed by atoms with Crippen LogP contribution in [0.2, 0.25) is 0 Å². The zero-order valence-corrected chi connectivity index (χ0v) is 11.2. The van der Waals surface area contributed by atoms with Crippen molar-refractivity contribution in [2.24, 2.45) is 0 Å². The highest BCUT2D eigenvalue weighted by molar-refractivity contribution is 5.79. The summed E-state index contributed by atoms with van der Waals surface area (Å²) in [4.78, 5) is 7.57. The molecule has 0 atom stereocenters. The minimum atomic E-state index is 0.650. The van der Waals surface area contributed by atoms with Gasteiger partial charge in [-0.05, 0) is 36.9 Å². The highest BCUT2D eigenvalue weighted by Gasteiger charge is 2.04. The molecule has 0 amide bonds. The van der Waals surface area contributed by atoms with Gasteiger partial charge in [-0.25, -0.2) is 4.98 Å². The van der Waals surface area contributed by atoms with Gasteiger partial charge in [0.15, 0.2) is 0 Å². The topological polar surface area (TPSA) is 53.9 Å². The molecule has 19 heavy (non-hydrogen) atoms. The number of H-pyrrole nitrogens is 1. The smallest absolute Gasteiger partial charge is 0.208 e. The standard InChI is InChI=1S/C15H17N3O/c1-10-11(2)19-15(18-10)9-16-8-12-3-4-13-5-6-17-14(13)7-12/h3-7,16-17H,8-9H2,1-2H3. The summed E-state index contributed by atoms with van der Waals surface area (Å²) in [6.07, 6.45) is 1.96. The maximum absolute atomic E-state index is 5.53. The van der Waals surface area contributed by atoms with Crippen molar-refractivity contribution in [3.8, 4) is 0 Å². The molecule has 0 bridgehead atoms. The second-order valence-electron chi connectivity index (χ2n) is 4.75. The number of aromatic nitrogens is 2. The van der Waals surface area contributed by atoms with E-state index in [-0.39, 0.29) is 0 Å². The van der Waals surface area contributed by atoms with E-state index in [0.717, 1.165) is 23.9 Å². The molecule has 4 nitrogen and oxygen atoms in total. The first-order valence-corrected chi connectivity index (χ1v) is 6.42. The van der Waals surface area contributed by atoms with Crippen LogP contribution in [0.1, 0.15) is 22.9 Å². The van der Waals surface area contributed by atoms with Gasteiger partial charge in [-0.3, -0.25) is 0 Å². The zero-order chi connectivity index (χ0) is 13.2. The van der Waals surface area contributed by atoms with Gasteiger partial charge in [0.05, 0.1) is 12.2 Å². The van der Waals surface area contributed by atoms with Crippen LogP contribution in [0.3, 0.4) is 0 Å². The lowest BCUT2D eigenvalue weighted by Gasteiger charge is -2.03. The molecule has 2 heterocycles. The lowest BCUT2D eigenvalue weighted by Crippen LogP contribution is -2.12. The van der Waals surface area contributed by atoms with Crippen molar-refractivity contribution in [1.82, 2.24) is 15.3 Å². The molecule has 0 fully saturated rings. The molecule has 0 spiro atoms. The minimum absolute atomic E-state index is 0.650. The Morgan fingerprint density at radius 2 is 2.11 bits per heavy atom. The van der Waals surface area contributed by atoms with E-state index in [2.05, 4.69) is 39.6 Å². The van der Waals surface area contributed by atoms with Crippen LogP contribution < -0.4 is 5.32 Å². The molecule has 4 heteroatoms. The van der Waals surface area contributed by atoms with Crippen molar-refractivity contribution in [3.63, 3.8) is 0 Å². The maximum atomic E-state index is 5.53. The fourth-order valence-corrected chi connectivity index (χ4v) is 2.13. The quantitative estimate of drug-likeness (QED) is 0.753. The molecule has 0 unspecified atom stereocenters. The van der Waals surface area contributed by atoms with Gasteiger partial charge in [0, 0.05) is 18.3 Å². The average Bonchev–Trinajstić information content (AvgIpc) is 2.96. The predicted octanol–water partition coefficient (Wildman–Crippen LogP) is 3.06. The fraction of sp³-hybridized carbons (Fsp3) is 0.267. The van der Waals surface area contributed by atoms with Gasteiger partial charge in [-0.15, -0.1) is 0 Å². The zero-order valence-electron chi connectivity index (χ0n) is 11.2. The van der Waals surface area contributed by atoms with Crippen LogP contribution in [0.15, 0.2) is 34.9 Å². The van der Waals surface area contributed by atoms with Gasteiger partial charge in [0.1, 0.15) is 5.76 Å². The molecule has 0 saturated heterocycles. The first kappa shape index (κ1) is 12.0. The number of nitrogens with zero attached hydrogens (tertiary/aromatic N) is 1. The third-order valence-corrected chi connectivity index (χ3v) is 3.30. The summed E-state index contributed by atoms with van der Waals surface area (Å²) < 4.78 is 5.53. The Morgan fingerprint density at radius 3 is 2.89 bits per heavy atom. The fourth-order valence-electron chi connectivity index (χ4n) is 2.13. The van der Waals surface area contributed by atoms with Crippen molar-refractivity contribution in [1.29, 1.82) is 0 Å². The number of benzene rings is 1. The molecule has 0 saturated carbocycles. The van der Waals surface area contributed by atoms with Crippen molar-refractivity contribution in [3.05, 3.63) is 53.4 Å². The average molecular weight is 255 g/mol. The Bertz CT molecular complexity index is 677. The van der Waals surface area contributed by atoms with Crippen molar-refractivity contribution >= 4 is 10.9 Å². The molecular weight excluding hydrogens is 238 g/mol. The van der Waals surface area contributed by atoms with E-state index in [1.54, 1.807) is 0 Å². The Kier molecular flexibility index (Phi) is 3.09. The van der Waals surface area contributed by atoms with Crippen LogP contribution >= 0.6 is 0 Å². The van der Waals surface area contributed by atoms with Crippen molar-refractivity contribution in [2.45, 2.75) is 26.9 Å². The van der Waals surface area contributed by atoms with E-state index in [1.807, 2.05) is 20.0 Å². The largest absolute Gasteiger partial charge is 0.444 e. The second-order valence-corrected chi connectivity index (χ2v) is 4.75. The lowest BCUT2D eigenvalue weighted by atomic mass is 10.1. The number of fused-ring (bicyclic) bond motifs is 1. The Morgan fingerprint density at radius 1 is 1.21 bits per heavy atom. The number of aryl methyl sites for hydroxylation is 2. The van der Waals surface area contributed by atoms with Gasteiger partial charge >= 0.3 is 0 Å². The maximum Gasteiger partial charge on any atom is 0.208 e. The Labute approximate surface area is 111 Å². The van der Waals surface area contributed by atoms with Gasteiger partial charge in [0.25, 0.3) is 0 Å². The van der Waals surface area contributed by atoms with Gasteiger partial charge in [-0.2, -0.15) is 0 Å². The molecule has 0 radical (unpaired) electrons. The summed E-state index contributed by atoms with van der Waals surface area (Å²) in [7, 11) is 0. The number of hydrogen-bond acceptors (Lipinski definition) is 3. The molecule has 3 rings (SSSR count). The number of oxazole rings is 1. The first-order chi connectivity index (χ1) is 9.22. The van der Waals surface area contributed by atoms with E-state index < -0.39 is 0 Å². The monoisotopic (exact) mass is 255 g/mol.